The van der Waals surface area contributed by atoms with Gasteiger partial charge in [-0.3, -0.25) is 4.79 Å². The van der Waals surface area contributed by atoms with Crippen LogP contribution in [-0.2, 0) is 19.7 Å². The molecule has 1 unspecified atom stereocenters. The zero-order chi connectivity index (χ0) is 16.1. The van der Waals surface area contributed by atoms with Crippen LogP contribution in [0.3, 0.4) is 0 Å². The minimum Gasteiger partial charge on any atom is -0.381 e. The van der Waals surface area contributed by atoms with E-state index in [-0.39, 0.29) is 17.4 Å². The van der Waals surface area contributed by atoms with Crippen molar-refractivity contribution in [2.45, 2.75) is 24.3 Å². The molecule has 0 aliphatic carbocycles. The van der Waals surface area contributed by atoms with E-state index in [2.05, 4.69) is 16.7 Å². The van der Waals surface area contributed by atoms with E-state index in [4.69, 9.17) is 21.1 Å². The third kappa shape index (κ3) is 4.04. The summed E-state index contributed by atoms with van der Waals surface area (Å²) in [6.45, 7) is 3.80. The normalized spacial score (nSPS) is 24.1. The molecule has 2 fully saturated rings. The maximum atomic E-state index is 12.4. The maximum absolute atomic E-state index is 12.4. The first-order valence-corrected chi connectivity index (χ1v) is 8.50. The van der Waals surface area contributed by atoms with Crippen LogP contribution in [0.4, 0.5) is 0 Å². The highest BCUT2D eigenvalue weighted by Gasteiger charge is 2.35. The Morgan fingerprint density at radius 3 is 2.83 bits per heavy atom. The van der Waals surface area contributed by atoms with Crippen molar-refractivity contribution in [3.63, 3.8) is 0 Å². The second-order valence-electron chi connectivity index (χ2n) is 6.20. The van der Waals surface area contributed by atoms with Crippen molar-refractivity contribution in [3.8, 4) is 0 Å². The Labute approximate surface area is 141 Å². The highest BCUT2D eigenvalue weighted by atomic mass is 35.5. The van der Waals surface area contributed by atoms with Crippen LogP contribution >= 0.6 is 11.6 Å². The summed E-state index contributed by atoms with van der Waals surface area (Å²) in [6, 6.07) is 7.67. The summed E-state index contributed by atoms with van der Waals surface area (Å²) in [6.07, 6.45) is 1.75. The van der Waals surface area contributed by atoms with Crippen molar-refractivity contribution in [1.29, 1.82) is 0 Å². The molecule has 0 saturated carbocycles. The molecule has 2 heterocycles. The third-order valence-corrected chi connectivity index (χ3v) is 4.96. The fourth-order valence-electron chi connectivity index (χ4n) is 3.26. The van der Waals surface area contributed by atoms with Crippen LogP contribution < -0.4 is 10.6 Å². The van der Waals surface area contributed by atoms with Crippen LogP contribution in [0.1, 0.15) is 18.4 Å². The number of benzene rings is 1. The minimum absolute atomic E-state index is 0.00223. The van der Waals surface area contributed by atoms with Crippen LogP contribution in [0.5, 0.6) is 0 Å². The van der Waals surface area contributed by atoms with Gasteiger partial charge in [-0.1, -0.05) is 23.7 Å². The maximum Gasteiger partial charge on any atom is 0.239 e. The van der Waals surface area contributed by atoms with E-state index in [0.29, 0.717) is 39.5 Å². The van der Waals surface area contributed by atoms with Crippen molar-refractivity contribution in [3.05, 3.63) is 34.9 Å². The predicted octanol–water partition coefficient (Wildman–Crippen LogP) is 1.49. The van der Waals surface area contributed by atoms with Gasteiger partial charge in [-0.25, -0.2) is 0 Å². The van der Waals surface area contributed by atoms with Gasteiger partial charge in [0, 0.05) is 36.7 Å². The molecule has 126 valence electrons. The monoisotopic (exact) mass is 338 g/mol. The number of amides is 1. The second kappa shape index (κ2) is 7.62. The Morgan fingerprint density at radius 2 is 2.13 bits per heavy atom. The van der Waals surface area contributed by atoms with Gasteiger partial charge in [-0.05, 0) is 30.5 Å². The Kier molecular flexibility index (Phi) is 5.54. The number of hydrogen-bond donors (Lipinski definition) is 2. The first kappa shape index (κ1) is 16.7. The van der Waals surface area contributed by atoms with Gasteiger partial charge in [0.25, 0.3) is 0 Å². The number of hydrogen-bond acceptors (Lipinski definition) is 4. The molecule has 0 bridgehead atoms. The fourth-order valence-corrected chi connectivity index (χ4v) is 3.45. The first-order valence-electron chi connectivity index (χ1n) is 8.12. The van der Waals surface area contributed by atoms with Crippen LogP contribution in [0, 0.1) is 0 Å². The zero-order valence-electron chi connectivity index (χ0n) is 13.1. The Balaban J connectivity index is 1.70. The van der Waals surface area contributed by atoms with Gasteiger partial charge < -0.3 is 20.1 Å². The van der Waals surface area contributed by atoms with Gasteiger partial charge in [0.2, 0.25) is 5.91 Å². The predicted molar refractivity (Wildman–Crippen MR) is 88.8 cm³/mol. The summed E-state index contributed by atoms with van der Waals surface area (Å²) in [5.74, 6) is -0.00223. The summed E-state index contributed by atoms with van der Waals surface area (Å²) in [7, 11) is 0. The van der Waals surface area contributed by atoms with E-state index in [1.165, 1.54) is 5.56 Å². The molecule has 2 aliphatic heterocycles. The number of rotatable bonds is 4. The molecule has 1 aromatic rings. The van der Waals surface area contributed by atoms with Gasteiger partial charge in [-0.2, -0.15) is 0 Å². The summed E-state index contributed by atoms with van der Waals surface area (Å²) >= 11 is 6.17. The zero-order valence-corrected chi connectivity index (χ0v) is 13.9. The van der Waals surface area contributed by atoms with E-state index in [9.17, 15) is 4.79 Å². The number of morpholine rings is 1. The van der Waals surface area contributed by atoms with Crippen molar-refractivity contribution >= 4 is 17.5 Å². The molecule has 6 heteroatoms. The van der Waals surface area contributed by atoms with Crippen molar-refractivity contribution < 1.29 is 14.3 Å². The van der Waals surface area contributed by atoms with Gasteiger partial charge in [-0.15, -0.1) is 0 Å². The second-order valence-corrected chi connectivity index (χ2v) is 6.64. The molecule has 0 aromatic heterocycles. The fraction of sp³-hybridized carbons (Fsp3) is 0.588. The standard InChI is InChI=1S/C17H23ClN2O3/c18-14-3-1-2-13(10-14)17(4-7-22-8-5-17)12-20-16(21)15-11-23-9-6-19-15/h1-3,10,15,19H,4-9,11-12H2,(H,20,21). The van der Waals surface area contributed by atoms with Gasteiger partial charge >= 0.3 is 0 Å². The van der Waals surface area contributed by atoms with Crippen LogP contribution in [-0.4, -0.2) is 51.5 Å². The molecule has 2 aliphatic rings. The molecule has 3 rings (SSSR count). The molecule has 23 heavy (non-hydrogen) atoms. The number of ether oxygens (including phenoxy) is 2. The highest BCUT2D eigenvalue weighted by Crippen LogP contribution is 2.35. The third-order valence-electron chi connectivity index (χ3n) is 4.73. The highest BCUT2D eigenvalue weighted by molar-refractivity contribution is 6.30. The molecule has 0 spiro atoms. The lowest BCUT2D eigenvalue weighted by Gasteiger charge is -2.38. The molecule has 5 nitrogen and oxygen atoms in total. The van der Waals surface area contributed by atoms with E-state index < -0.39 is 0 Å². The van der Waals surface area contributed by atoms with E-state index in [1.54, 1.807) is 0 Å². The van der Waals surface area contributed by atoms with Crippen molar-refractivity contribution in [1.82, 2.24) is 10.6 Å². The summed E-state index contributed by atoms with van der Waals surface area (Å²) in [5.41, 5.74) is 1.05. The van der Waals surface area contributed by atoms with E-state index in [1.807, 2.05) is 18.2 Å². The van der Waals surface area contributed by atoms with Gasteiger partial charge in [0.05, 0.1) is 13.2 Å². The average molecular weight is 339 g/mol. The number of carbonyl (C=O) groups excluding carboxylic acids is 1. The van der Waals surface area contributed by atoms with Crippen molar-refractivity contribution in [2.75, 3.05) is 39.5 Å². The van der Waals surface area contributed by atoms with Gasteiger partial charge in [0.1, 0.15) is 6.04 Å². The summed E-state index contributed by atoms with van der Waals surface area (Å²) in [4.78, 5) is 12.4. The van der Waals surface area contributed by atoms with Crippen LogP contribution in [0.2, 0.25) is 5.02 Å². The molecule has 1 amide bonds. The lowest BCUT2D eigenvalue weighted by molar-refractivity contribution is -0.126. The lowest BCUT2D eigenvalue weighted by atomic mass is 9.74. The summed E-state index contributed by atoms with van der Waals surface area (Å²) in [5, 5.41) is 7.01. The topological polar surface area (TPSA) is 59.6 Å². The minimum atomic E-state index is -0.264. The molecule has 2 N–H and O–H groups in total. The van der Waals surface area contributed by atoms with Crippen LogP contribution in [0.15, 0.2) is 24.3 Å². The SMILES string of the molecule is O=C(NCC1(c2cccc(Cl)c2)CCOCC1)C1COCCN1. The van der Waals surface area contributed by atoms with Crippen molar-refractivity contribution in [2.24, 2.45) is 0 Å². The molecule has 2 saturated heterocycles. The molecule has 0 radical (unpaired) electrons. The molecular weight excluding hydrogens is 316 g/mol. The Morgan fingerprint density at radius 1 is 1.30 bits per heavy atom. The lowest BCUT2D eigenvalue weighted by Crippen LogP contribution is -2.54. The number of halogens is 1. The first-order chi connectivity index (χ1) is 11.2. The smallest absolute Gasteiger partial charge is 0.239 e. The van der Waals surface area contributed by atoms with E-state index >= 15 is 0 Å². The quantitative estimate of drug-likeness (QED) is 0.873. The number of carbonyl (C=O) groups is 1. The molecule has 1 aromatic carbocycles. The average Bonchev–Trinajstić information content (AvgIpc) is 2.61. The summed E-state index contributed by atoms with van der Waals surface area (Å²) < 4.78 is 10.9. The molecular formula is C17H23ClN2O3. The number of nitrogens with one attached hydrogen (secondary N) is 2. The van der Waals surface area contributed by atoms with Gasteiger partial charge in [0.15, 0.2) is 0 Å². The Hall–Kier alpha value is -1.14. The Bertz CT molecular complexity index is 540. The van der Waals surface area contributed by atoms with E-state index in [0.717, 1.165) is 17.9 Å². The van der Waals surface area contributed by atoms with Crippen LogP contribution in [0.25, 0.3) is 0 Å². The largest absolute Gasteiger partial charge is 0.381 e. The molecule has 1 atom stereocenters.